The van der Waals surface area contributed by atoms with E-state index in [1.807, 2.05) is 0 Å². The molecule has 24 heavy (non-hydrogen) atoms. The van der Waals surface area contributed by atoms with Gasteiger partial charge in [0, 0.05) is 5.69 Å². The van der Waals surface area contributed by atoms with Crippen LogP contribution < -0.4 is 10.6 Å². The lowest BCUT2D eigenvalue weighted by Gasteiger charge is -2.20. The van der Waals surface area contributed by atoms with Crippen molar-refractivity contribution in [3.63, 3.8) is 0 Å². The van der Waals surface area contributed by atoms with E-state index in [0.29, 0.717) is 11.3 Å². The molecule has 1 aromatic rings. The van der Waals surface area contributed by atoms with E-state index >= 15 is 0 Å². The van der Waals surface area contributed by atoms with Crippen molar-refractivity contribution < 1.29 is 27.4 Å². The number of halogens is 3. The third kappa shape index (κ3) is 4.61. The maximum absolute atomic E-state index is 12.1. The van der Waals surface area contributed by atoms with E-state index in [2.05, 4.69) is 15.4 Å². The van der Waals surface area contributed by atoms with Crippen LogP contribution in [0.15, 0.2) is 24.3 Å². The number of ether oxygens (including phenoxy) is 2. The Kier molecular flexibility index (Phi) is 4.96. The number of alkyl halides is 3. The minimum atomic E-state index is -4.35. The van der Waals surface area contributed by atoms with Gasteiger partial charge >= 0.3 is 12.2 Å². The average Bonchev–Trinajstić information content (AvgIpc) is 3.08. The van der Waals surface area contributed by atoms with Crippen LogP contribution in [0.5, 0.6) is 0 Å². The van der Waals surface area contributed by atoms with Gasteiger partial charge in [0.2, 0.25) is 0 Å². The molecule has 2 aliphatic rings. The van der Waals surface area contributed by atoms with Crippen LogP contribution in [0.2, 0.25) is 0 Å². The largest absolute Gasteiger partial charge is 0.411 e. The second-order valence-corrected chi connectivity index (χ2v) is 6.12. The lowest BCUT2D eigenvalue weighted by molar-refractivity contribution is -0.176. The van der Waals surface area contributed by atoms with Crippen LogP contribution in [0.1, 0.15) is 24.8 Å². The quantitative estimate of drug-likeness (QED) is 0.862. The van der Waals surface area contributed by atoms with E-state index in [-0.39, 0.29) is 30.9 Å². The van der Waals surface area contributed by atoms with Crippen molar-refractivity contribution in [1.82, 2.24) is 5.32 Å². The molecule has 0 aromatic heterocycles. The maximum Gasteiger partial charge on any atom is 0.411 e. The molecule has 0 saturated carbocycles. The molecule has 0 spiro atoms. The Morgan fingerprint density at radius 3 is 2.83 bits per heavy atom. The Bertz CT molecular complexity index is 594. The number of anilines is 1. The highest BCUT2D eigenvalue weighted by atomic mass is 19.4. The number of amides is 2. The molecule has 0 unspecified atom stereocenters. The highest BCUT2D eigenvalue weighted by Crippen LogP contribution is 2.34. The Hall–Kier alpha value is -1.80. The molecule has 2 amide bonds. The smallest absolute Gasteiger partial charge is 0.373 e. The molecule has 0 radical (unpaired) electrons. The number of hydrogen-bond acceptors (Lipinski definition) is 3. The average molecular weight is 344 g/mol. The van der Waals surface area contributed by atoms with Crippen molar-refractivity contribution in [3.05, 3.63) is 29.8 Å². The van der Waals surface area contributed by atoms with Gasteiger partial charge in [0.1, 0.15) is 6.61 Å². The molecule has 2 N–H and O–H groups in total. The molecule has 8 heteroatoms. The van der Waals surface area contributed by atoms with E-state index < -0.39 is 12.8 Å². The van der Waals surface area contributed by atoms with Crippen LogP contribution in [-0.4, -0.2) is 37.1 Å². The fourth-order valence-corrected chi connectivity index (χ4v) is 3.15. The lowest BCUT2D eigenvalue weighted by Crippen LogP contribution is -2.43. The fraction of sp³-hybridized carbons (Fsp3) is 0.562. The minimum Gasteiger partial charge on any atom is -0.373 e. The lowest BCUT2D eigenvalue weighted by atomic mass is 9.96. The zero-order valence-corrected chi connectivity index (χ0v) is 12.9. The van der Waals surface area contributed by atoms with E-state index in [9.17, 15) is 18.0 Å². The van der Waals surface area contributed by atoms with Crippen molar-refractivity contribution in [1.29, 1.82) is 0 Å². The van der Waals surface area contributed by atoms with Gasteiger partial charge < -0.3 is 20.1 Å². The third-order valence-corrected chi connectivity index (χ3v) is 4.14. The molecule has 3 rings (SSSR count). The Morgan fingerprint density at radius 1 is 1.33 bits per heavy atom. The van der Waals surface area contributed by atoms with Gasteiger partial charge in [-0.2, -0.15) is 13.2 Å². The highest BCUT2D eigenvalue weighted by molar-refractivity contribution is 5.89. The summed E-state index contributed by atoms with van der Waals surface area (Å²) in [6.45, 7) is -1.47. The summed E-state index contributed by atoms with van der Waals surface area (Å²) >= 11 is 0. The Balaban J connectivity index is 1.48. The molecule has 2 saturated heterocycles. The first-order chi connectivity index (χ1) is 11.4. The molecule has 1 aromatic carbocycles. The number of carbonyl (C=O) groups excluding carboxylic acids is 1. The van der Waals surface area contributed by atoms with E-state index in [0.717, 1.165) is 19.3 Å². The predicted octanol–water partition coefficient (Wildman–Crippen LogP) is 3.21. The zero-order chi connectivity index (χ0) is 17.2. The molecule has 2 aliphatic heterocycles. The van der Waals surface area contributed by atoms with Crippen LogP contribution >= 0.6 is 0 Å². The SMILES string of the molecule is O=C(Nc1cccc(COCC(F)(F)F)c1)N[C@@H]1C[C@H]2CC[C@H]1O2. The molecule has 0 aliphatic carbocycles. The van der Waals surface area contributed by atoms with E-state index in [4.69, 9.17) is 4.74 Å². The molecule has 5 nitrogen and oxygen atoms in total. The maximum atomic E-state index is 12.1. The number of carbonyl (C=O) groups is 1. The summed E-state index contributed by atoms with van der Waals surface area (Å²) in [7, 11) is 0. The Labute approximate surface area is 137 Å². The summed E-state index contributed by atoms with van der Waals surface area (Å²) in [5.41, 5.74) is 1.06. The Morgan fingerprint density at radius 2 is 2.17 bits per heavy atom. The van der Waals surface area contributed by atoms with Crippen LogP contribution in [0.3, 0.4) is 0 Å². The minimum absolute atomic E-state index is 0.0158. The van der Waals surface area contributed by atoms with Crippen LogP contribution in [0, 0.1) is 0 Å². The topological polar surface area (TPSA) is 59.6 Å². The summed E-state index contributed by atoms with van der Waals surface area (Å²) in [4.78, 5) is 12.0. The van der Waals surface area contributed by atoms with Gasteiger partial charge in [-0.1, -0.05) is 12.1 Å². The molecular weight excluding hydrogens is 325 g/mol. The van der Waals surface area contributed by atoms with Gasteiger partial charge in [0.05, 0.1) is 24.9 Å². The number of nitrogens with one attached hydrogen (secondary N) is 2. The summed E-state index contributed by atoms with van der Waals surface area (Å²) in [6.07, 6.45) is -1.19. The first-order valence-corrected chi connectivity index (χ1v) is 7.85. The summed E-state index contributed by atoms with van der Waals surface area (Å²) in [5, 5.41) is 5.58. The number of fused-ring (bicyclic) bond motifs is 2. The molecule has 2 bridgehead atoms. The van der Waals surface area contributed by atoms with Crippen molar-refractivity contribution >= 4 is 11.7 Å². The third-order valence-electron chi connectivity index (χ3n) is 4.14. The van der Waals surface area contributed by atoms with Crippen molar-refractivity contribution in [2.75, 3.05) is 11.9 Å². The van der Waals surface area contributed by atoms with Gasteiger partial charge in [0.15, 0.2) is 0 Å². The molecule has 132 valence electrons. The highest BCUT2D eigenvalue weighted by Gasteiger charge is 2.41. The van der Waals surface area contributed by atoms with E-state index in [1.165, 1.54) is 0 Å². The molecule has 2 heterocycles. The summed E-state index contributed by atoms with van der Waals surface area (Å²) in [6, 6.07) is 6.23. The molecule has 2 fully saturated rings. The first kappa shape index (κ1) is 17.0. The van der Waals surface area contributed by atoms with E-state index in [1.54, 1.807) is 24.3 Å². The summed E-state index contributed by atoms with van der Waals surface area (Å²) in [5.74, 6) is 0. The fourth-order valence-electron chi connectivity index (χ4n) is 3.15. The molecule has 3 atom stereocenters. The standard InChI is InChI=1S/C16H19F3N2O3/c17-16(18,19)9-23-8-10-2-1-3-11(6-10)20-15(22)21-13-7-12-4-5-14(13)24-12/h1-3,6,12-14H,4-5,7-9H2,(H2,20,21,22)/t12-,13-,14-/m1/s1. The van der Waals surface area contributed by atoms with Crippen molar-refractivity contribution in [2.45, 2.75) is 50.3 Å². The number of urea groups is 1. The van der Waals surface area contributed by atoms with Gasteiger partial charge in [-0.15, -0.1) is 0 Å². The van der Waals surface area contributed by atoms with Crippen LogP contribution in [0.4, 0.5) is 23.7 Å². The summed E-state index contributed by atoms with van der Waals surface area (Å²) < 4.78 is 46.5. The zero-order valence-electron chi connectivity index (χ0n) is 12.9. The van der Waals surface area contributed by atoms with Gasteiger partial charge in [-0.3, -0.25) is 0 Å². The molecular formula is C16H19F3N2O3. The second-order valence-electron chi connectivity index (χ2n) is 6.12. The number of rotatable bonds is 5. The first-order valence-electron chi connectivity index (χ1n) is 7.85. The normalized spacial score (nSPS) is 25.7. The second kappa shape index (κ2) is 6.98. The number of benzene rings is 1. The van der Waals surface area contributed by atoms with Gasteiger partial charge in [0.25, 0.3) is 0 Å². The predicted molar refractivity (Wildman–Crippen MR) is 80.6 cm³/mol. The van der Waals surface area contributed by atoms with Crippen LogP contribution in [-0.2, 0) is 16.1 Å². The van der Waals surface area contributed by atoms with Gasteiger partial charge in [-0.25, -0.2) is 4.79 Å². The van der Waals surface area contributed by atoms with Crippen LogP contribution in [0.25, 0.3) is 0 Å². The monoisotopic (exact) mass is 344 g/mol. The number of hydrogen-bond donors (Lipinski definition) is 2. The van der Waals surface area contributed by atoms with Crippen molar-refractivity contribution in [3.8, 4) is 0 Å². The van der Waals surface area contributed by atoms with Crippen molar-refractivity contribution in [2.24, 2.45) is 0 Å². The van der Waals surface area contributed by atoms with Gasteiger partial charge in [-0.05, 0) is 37.0 Å².